The highest BCUT2D eigenvalue weighted by Crippen LogP contribution is 2.16. The lowest BCUT2D eigenvalue weighted by molar-refractivity contribution is -0.114. The van der Waals surface area contributed by atoms with Crippen molar-refractivity contribution in [1.29, 1.82) is 0 Å². The molecule has 110 valence electrons. The summed E-state index contributed by atoms with van der Waals surface area (Å²) in [6.07, 6.45) is 6.60. The molecule has 0 aromatic carbocycles. The van der Waals surface area contributed by atoms with Crippen LogP contribution in [0.4, 0.5) is 0 Å². The van der Waals surface area contributed by atoms with Gasteiger partial charge in [0.1, 0.15) is 12.1 Å². The van der Waals surface area contributed by atoms with Gasteiger partial charge in [-0.2, -0.15) is 5.10 Å². The fourth-order valence-corrected chi connectivity index (χ4v) is 2.07. The van der Waals surface area contributed by atoms with Crippen molar-refractivity contribution in [1.82, 2.24) is 20.2 Å². The third-order valence-electron chi connectivity index (χ3n) is 3.19. The van der Waals surface area contributed by atoms with E-state index in [0.717, 1.165) is 11.1 Å². The highest BCUT2D eigenvalue weighted by molar-refractivity contribution is 6.43. The molecule has 0 unspecified atom stereocenters. The number of carbonyl (C=O) groups is 2. The molecule has 0 bridgehead atoms. The molecule has 7 heteroatoms. The van der Waals surface area contributed by atoms with Crippen molar-refractivity contribution in [3.63, 3.8) is 0 Å². The van der Waals surface area contributed by atoms with Crippen LogP contribution in [0, 0.1) is 0 Å². The highest BCUT2D eigenvalue weighted by atomic mass is 16.3. The maximum atomic E-state index is 12.0. The molecule has 0 amide bonds. The molecule has 0 fully saturated rings. The molecule has 0 aliphatic heterocycles. The van der Waals surface area contributed by atoms with Crippen molar-refractivity contribution in [3.8, 4) is 0 Å². The molecule has 0 saturated carbocycles. The van der Waals surface area contributed by atoms with Crippen LogP contribution in [0.25, 0.3) is 0 Å². The molecule has 0 aliphatic carbocycles. The minimum Gasteiger partial charge on any atom is -0.469 e. The third kappa shape index (κ3) is 2.98. The number of H-pyrrole nitrogens is 1. The van der Waals surface area contributed by atoms with Crippen LogP contribution in [-0.4, -0.2) is 31.7 Å². The van der Waals surface area contributed by atoms with E-state index in [0.29, 0.717) is 12.2 Å². The number of nitrogens with zero attached hydrogens (tertiary/aromatic N) is 3. The number of aromatic nitrogens is 4. The number of furan rings is 1. The van der Waals surface area contributed by atoms with Crippen molar-refractivity contribution >= 4 is 11.6 Å². The number of carbonyl (C=O) groups excluding carboxylic acids is 2. The van der Waals surface area contributed by atoms with Gasteiger partial charge >= 0.3 is 0 Å². The molecule has 0 aliphatic rings. The number of pyridine rings is 1. The zero-order valence-electron chi connectivity index (χ0n) is 11.5. The summed E-state index contributed by atoms with van der Waals surface area (Å²) in [5.74, 6) is -0.881. The molecule has 3 aromatic rings. The number of nitrogens with one attached hydrogen (secondary N) is 1. The molecular formula is C15H12N4O3. The SMILES string of the molecule is O=C(Cc1occc1Cc1ccncc1)C(=O)c1ncn[nH]1. The average molecular weight is 296 g/mol. The lowest BCUT2D eigenvalue weighted by Crippen LogP contribution is -2.18. The smallest absolute Gasteiger partial charge is 0.265 e. The summed E-state index contributed by atoms with van der Waals surface area (Å²) in [5, 5.41) is 5.94. The van der Waals surface area contributed by atoms with Crippen LogP contribution >= 0.6 is 0 Å². The number of hydrogen-bond donors (Lipinski definition) is 1. The standard InChI is InChI=1S/C15H12N4O3/c20-12(14(21)15-17-9-18-19-15)8-13-11(3-6-22-13)7-10-1-4-16-5-2-10/h1-6,9H,7-8H2,(H,17,18,19). The van der Waals surface area contributed by atoms with Crippen molar-refractivity contribution in [2.45, 2.75) is 12.8 Å². The lowest BCUT2D eigenvalue weighted by atomic mass is 10.0. The van der Waals surface area contributed by atoms with Crippen LogP contribution in [0.3, 0.4) is 0 Å². The Bertz CT molecular complexity index is 778. The van der Waals surface area contributed by atoms with E-state index in [4.69, 9.17) is 4.42 Å². The minimum atomic E-state index is -0.705. The number of ketones is 2. The summed E-state index contributed by atoms with van der Waals surface area (Å²) in [4.78, 5) is 31.5. The van der Waals surface area contributed by atoms with Crippen molar-refractivity contribution < 1.29 is 14.0 Å². The average Bonchev–Trinajstić information content (AvgIpc) is 3.20. The lowest BCUT2D eigenvalue weighted by Gasteiger charge is -2.02. The Kier molecular flexibility index (Phi) is 3.86. The van der Waals surface area contributed by atoms with Gasteiger partial charge in [-0.1, -0.05) is 0 Å². The van der Waals surface area contributed by atoms with Crippen molar-refractivity contribution in [3.05, 3.63) is 65.9 Å². The largest absolute Gasteiger partial charge is 0.469 e. The van der Waals surface area contributed by atoms with E-state index in [2.05, 4.69) is 20.2 Å². The molecule has 3 rings (SSSR count). The normalized spacial score (nSPS) is 10.5. The molecule has 0 saturated heterocycles. The summed E-state index contributed by atoms with van der Waals surface area (Å²) in [6, 6.07) is 5.57. The third-order valence-corrected chi connectivity index (χ3v) is 3.19. The number of hydrogen-bond acceptors (Lipinski definition) is 6. The van der Waals surface area contributed by atoms with Gasteiger partial charge in [-0.15, -0.1) is 0 Å². The van der Waals surface area contributed by atoms with E-state index >= 15 is 0 Å². The Hall–Kier alpha value is -3.09. The Morgan fingerprint density at radius 3 is 2.73 bits per heavy atom. The van der Waals surface area contributed by atoms with E-state index in [1.165, 1.54) is 12.6 Å². The topological polar surface area (TPSA) is 102 Å². The van der Waals surface area contributed by atoms with Crippen LogP contribution in [-0.2, 0) is 17.6 Å². The summed E-state index contributed by atoms with van der Waals surface area (Å²) in [6.45, 7) is 0. The Labute approximate surface area is 125 Å². The second-order valence-corrected chi connectivity index (χ2v) is 4.66. The van der Waals surface area contributed by atoms with Gasteiger partial charge in [0.2, 0.25) is 5.78 Å². The van der Waals surface area contributed by atoms with Crippen LogP contribution in [0.15, 0.2) is 47.6 Å². The summed E-state index contributed by atoms with van der Waals surface area (Å²) in [7, 11) is 0. The number of rotatable bonds is 6. The van der Waals surface area contributed by atoms with Gasteiger partial charge in [-0.05, 0) is 29.3 Å². The quantitative estimate of drug-likeness (QED) is 0.544. The van der Waals surface area contributed by atoms with Gasteiger partial charge in [0, 0.05) is 18.8 Å². The summed E-state index contributed by atoms with van der Waals surface area (Å²) >= 11 is 0. The summed E-state index contributed by atoms with van der Waals surface area (Å²) in [5.41, 5.74) is 1.91. The first kappa shape index (κ1) is 13.9. The first-order valence-corrected chi connectivity index (χ1v) is 6.61. The predicted molar refractivity (Wildman–Crippen MR) is 75.2 cm³/mol. The Morgan fingerprint density at radius 1 is 1.18 bits per heavy atom. The Morgan fingerprint density at radius 2 is 2.00 bits per heavy atom. The van der Waals surface area contributed by atoms with Gasteiger partial charge in [-0.25, -0.2) is 4.98 Å². The van der Waals surface area contributed by atoms with Gasteiger partial charge in [-0.3, -0.25) is 19.7 Å². The molecule has 0 radical (unpaired) electrons. The molecule has 1 N–H and O–H groups in total. The van der Waals surface area contributed by atoms with Gasteiger partial charge < -0.3 is 4.42 Å². The molecular weight excluding hydrogens is 284 g/mol. The van der Waals surface area contributed by atoms with Crippen LogP contribution in [0.1, 0.15) is 27.5 Å². The fourth-order valence-electron chi connectivity index (χ4n) is 2.07. The zero-order chi connectivity index (χ0) is 15.4. The monoisotopic (exact) mass is 296 g/mol. The first-order chi connectivity index (χ1) is 10.7. The molecule has 22 heavy (non-hydrogen) atoms. The van der Waals surface area contributed by atoms with Crippen LogP contribution in [0.2, 0.25) is 0 Å². The van der Waals surface area contributed by atoms with E-state index in [1.807, 2.05) is 12.1 Å². The van der Waals surface area contributed by atoms with Crippen molar-refractivity contribution in [2.24, 2.45) is 0 Å². The van der Waals surface area contributed by atoms with E-state index in [-0.39, 0.29) is 12.2 Å². The van der Waals surface area contributed by atoms with Gasteiger partial charge in [0.25, 0.3) is 5.78 Å². The van der Waals surface area contributed by atoms with Gasteiger partial charge in [0.15, 0.2) is 5.82 Å². The fraction of sp³-hybridized carbons (Fsp3) is 0.133. The zero-order valence-corrected chi connectivity index (χ0v) is 11.5. The molecule has 3 aromatic heterocycles. The second-order valence-electron chi connectivity index (χ2n) is 4.66. The summed E-state index contributed by atoms with van der Waals surface area (Å²) < 4.78 is 5.34. The van der Waals surface area contributed by atoms with Crippen LogP contribution < -0.4 is 0 Å². The number of aromatic amines is 1. The molecule has 3 heterocycles. The van der Waals surface area contributed by atoms with E-state index < -0.39 is 11.6 Å². The van der Waals surface area contributed by atoms with Gasteiger partial charge in [0.05, 0.1) is 12.7 Å². The minimum absolute atomic E-state index is 0.0627. The van der Waals surface area contributed by atoms with Crippen molar-refractivity contribution in [2.75, 3.05) is 0 Å². The maximum absolute atomic E-state index is 12.0. The Balaban J connectivity index is 1.72. The first-order valence-electron chi connectivity index (χ1n) is 6.61. The highest BCUT2D eigenvalue weighted by Gasteiger charge is 2.22. The van der Waals surface area contributed by atoms with E-state index in [9.17, 15) is 9.59 Å². The number of Topliss-reactive ketones (excluding diaryl/α,β-unsaturated/α-hetero) is 2. The van der Waals surface area contributed by atoms with E-state index in [1.54, 1.807) is 18.5 Å². The maximum Gasteiger partial charge on any atom is 0.265 e. The molecule has 0 atom stereocenters. The molecule has 0 spiro atoms. The molecule has 7 nitrogen and oxygen atoms in total. The second kappa shape index (κ2) is 6.13. The predicted octanol–water partition coefficient (Wildman–Crippen LogP) is 1.38. The van der Waals surface area contributed by atoms with Crippen LogP contribution in [0.5, 0.6) is 0 Å².